The molecular weight excluding hydrogens is 410 g/mol. The molecule has 0 radical (unpaired) electrons. The van der Waals surface area contributed by atoms with Gasteiger partial charge in [-0.15, -0.1) is 11.3 Å². The maximum Gasteiger partial charge on any atom is 0.310 e. The van der Waals surface area contributed by atoms with Gasteiger partial charge in [0.1, 0.15) is 22.4 Å². The minimum Gasteiger partial charge on any atom is -0.509 e. The first-order chi connectivity index (χ1) is 14.0. The van der Waals surface area contributed by atoms with E-state index in [0.29, 0.717) is 23.2 Å². The number of aromatic nitrogens is 1. The van der Waals surface area contributed by atoms with Crippen molar-refractivity contribution in [3.05, 3.63) is 45.4 Å². The number of likely N-dealkylation sites (tertiary alicyclic amines) is 1. The summed E-state index contributed by atoms with van der Waals surface area (Å²) >= 11 is 7.23. The van der Waals surface area contributed by atoms with Gasteiger partial charge in [-0.1, -0.05) is 23.7 Å². The van der Waals surface area contributed by atoms with Crippen LogP contribution in [0.2, 0.25) is 5.02 Å². The molecule has 8 heteroatoms. The lowest BCUT2D eigenvalue weighted by molar-refractivity contribution is -0.149. The van der Waals surface area contributed by atoms with E-state index in [4.69, 9.17) is 16.3 Å². The Labute approximate surface area is 179 Å². The Kier molecular flexibility index (Phi) is 7.26. The summed E-state index contributed by atoms with van der Waals surface area (Å²) < 4.78 is 5.12. The van der Waals surface area contributed by atoms with Crippen LogP contribution in [0.15, 0.2) is 35.4 Å². The number of nitriles is 1. The Morgan fingerprint density at radius 3 is 2.90 bits per heavy atom. The first-order valence-corrected chi connectivity index (χ1v) is 10.7. The fraction of sp³-hybridized carbons (Fsp3) is 0.381. The fourth-order valence-electron chi connectivity index (χ4n) is 3.32. The van der Waals surface area contributed by atoms with Crippen LogP contribution in [0, 0.1) is 17.2 Å². The van der Waals surface area contributed by atoms with Crippen LogP contribution >= 0.6 is 22.9 Å². The number of hydrogen-bond acceptors (Lipinski definition) is 7. The van der Waals surface area contributed by atoms with E-state index in [1.165, 1.54) is 11.3 Å². The van der Waals surface area contributed by atoms with Crippen LogP contribution in [0.3, 0.4) is 0 Å². The maximum absolute atomic E-state index is 12.0. The molecule has 1 fully saturated rings. The third-order valence-corrected chi connectivity index (χ3v) is 5.87. The van der Waals surface area contributed by atoms with Crippen LogP contribution in [0.25, 0.3) is 16.8 Å². The van der Waals surface area contributed by atoms with Crippen molar-refractivity contribution in [3.63, 3.8) is 0 Å². The molecule has 1 atom stereocenters. The number of aliphatic hydroxyl groups is 1. The number of rotatable bonds is 6. The molecule has 1 unspecified atom stereocenters. The summed E-state index contributed by atoms with van der Waals surface area (Å²) in [7, 11) is 0. The summed E-state index contributed by atoms with van der Waals surface area (Å²) in [5, 5.41) is 23.2. The fourth-order valence-corrected chi connectivity index (χ4v) is 4.29. The molecule has 2 heterocycles. The molecule has 0 spiro atoms. The second-order valence-corrected chi connectivity index (χ2v) is 8.10. The van der Waals surface area contributed by atoms with Crippen molar-refractivity contribution < 1.29 is 14.6 Å². The topological polar surface area (TPSA) is 86.5 Å². The maximum atomic E-state index is 12.0. The van der Waals surface area contributed by atoms with E-state index in [9.17, 15) is 15.2 Å². The normalized spacial score (nSPS) is 18.0. The van der Waals surface area contributed by atoms with Crippen molar-refractivity contribution in [1.29, 1.82) is 5.26 Å². The third kappa shape index (κ3) is 5.36. The van der Waals surface area contributed by atoms with Gasteiger partial charge in [0.2, 0.25) is 0 Å². The van der Waals surface area contributed by atoms with Crippen LogP contribution in [0.1, 0.15) is 24.8 Å². The van der Waals surface area contributed by atoms with Gasteiger partial charge in [-0.25, -0.2) is 4.98 Å². The van der Waals surface area contributed by atoms with Gasteiger partial charge >= 0.3 is 5.97 Å². The number of piperidine rings is 1. The van der Waals surface area contributed by atoms with Crippen LogP contribution in [-0.2, 0) is 9.53 Å². The van der Waals surface area contributed by atoms with Gasteiger partial charge in [-0.3, -0.25) is 9.69 Å². The molecule has 1 N–H and O–H groups in total. The van der Waals surface area contributed by atoms with Crippen molar-refractivity contribution in [2.45, 2.75) is 19.8 Å². The molecule has 152 valence electrons. The Morgan fingerprint density at radius 1 is 1.45 bits per heavy atom. The average molecular weight is 432 g/mol. The molecule has 1 aromatic carbocycles. The van der Waals surface area contributed by atoms with Gasteiger partial charge in [0, 0.05) is 22.5 Å². The lowest BCUT2D eigenvalue weighted by Gasteiger charge is -2.31. The highest BCUT2D eigenvalue weighted by Gasteiger charge is 2.28. The first kappa shape index (κ1) is 21.3. The summed E-state index contributed by atoms with van der Waals surface area (Å²) in [4.78, 5) is 18.5. The summed E-state index contributed by atoms with van der Waals surface area (Å²) in [6.07, 6.45) is 1.62. The Bertz CT molecular complexity index is 933. The number of aliphatic hydroxyl groups excluding tert-OH is 1. The molecule has 3 rings (SSSR count). The van der Waals surface area contributed by atoms with Crippen molar-refractivity contribution in [1.82, 2.24) is 9.88 Å². The molecule has 1 aliphatic heterocycles. The van der Waals surface area contributed by atoms with Crippen molar-refractivity contribution in [3.8, 4) is 17.3 Å². The second kappa shape index (κ2) is 9.88. The predicted molar refractivity (Wildman–Crippen MR) is 114 cm³/mol. The SMILES string of the molecule is CCOC(=O)C1CCCN(C/C(O)=C(/C#N)c2nc(-c3ccc(Cl)cc3)cs2)C1. The summed E-state index contributed by atoms with van der Waals surface area (Å²) in [5.74, 6) is -0.430. The zero-order chi connectivity index (χ0) is 20.8. The zero-order valence-electron chi connectivity index (χ0n) is 16.1. The van der Waals surface area contributed by atoms with Crippen molar-refractivity contribution >= 4 is 34.5 Å². The van der Waals surface area contributed by atoms with Crippen LogP contribution in [0.5, 0.6) is 0 Å². The lowest BCUT2D eigenvalue weighted by Crippen LogP contribution is -2.40. The van der Waals surface area contributed by atoms with Gasteiger partial charge in [0.05, 0.1) is 24.8 Å². The number of halogens is 1. The van der Waals surface area contributed by atoms with Crippen molar-refractivity contribution in [2.24, 2.45) is 5.92 Å². The quantitative estimate of drug-likeness (QED) is 0.410. The molecule has 0 saturated carbocycles. The van der Waals surface area contributed by atoms with Gasteiger partial charge in [-0.2, -0.15) is 5.26 Å². The lowest BCUT2D eigenvalue weighted by atomic mass is 9.98. The number of esters is 1. The number of carbonyl (C=O) groups excluding carboxylic acids is 1. The van der Waals surface area contributed by atoms with Gasteiger partial charge in [-0.05, 0) is 38.4 Å². The van der Waals surface area contributed by atoms with E-state index in [2.05, 4.69) is 11.1 Å². The molecular formula is C21H22ClN3O3S. The van der Waals surface area contributed by atoms with E-state index < -0.39 is 0 Å². The number of nitrogens with zero attached hydrogens (tertiary/aromatic N) is 3. The highest BCUT2D eigenvalue weighted by atomic mass is 35.5. The molecule has 1 aliphatic rings. The van der Waals surface area contributed by atoms with Gasteiger partial charge in [0.15, 0.2) is 0 Å². The smallest absolute Gasteiger partial charge is 0.310 e. The number of hydrogen-bond donors (Lipinski definition) is 1. The Hall–Kier alpha value is -2.40. The number of carbonyl (C=O) groups is 1. The van der Waals surface area contributed by atoms with E-state index >= 15 is 0 Å². The number of thiazole rings is 1. The van der Waals surface area contributed by atoms with Crippen molar-refractivity contribution in [2.75, 3.05) is 26.2 Å². The standard InChI is InChI=1S/C21H22ClN3O3S/c1-2-28-21(27)15-4-3-9-25(11-15)12-19(26)17(10-23)20-24-18(13-29-20)14-5-7-16(22)8-6-14/h5-8,13,15,26H,2-4,9,11-12H2,1H3/b19-17+. The highest BCUT2D eigenvalue weighted by molar-refractivity contribution is 7.11. The molecule has 1 aromatic heterocycles. The third-order valence-electron chi connectivity index (χ3n) is 4.76. The zero-order valence-corrected chi connectivity index (χ0v) is 17.7. The van der Waals surface area contributed by atoms with E-state index in [1.54, 1.807) is 19.1 Å². The molecule has 6 nitrogen and oxygen atoms in total. The number of allylic oxidation sites excluding steroid dienone is 1. The monoisotopic (exact) mass is 431 g/mol. The van der Waals surface area contributed by atoms with Crippen LogP contribution in [0.4, 0.5) is 0 Å². The molecule has 0 aliphatic carbocycles. The van der Waals surface area contributed by atoms with E-state index in [-0.39, 0.29) is 29.8 Å². The molecule has 1 saturated heterocycles. The highest BCUT2D eigenvalue weighted by Crippen LogP contribution is 2.28. The second-order valence-electron chi connectivity index (χ2n) is 6.80. The van der Waals surface area contributed by atoms with Gasteiger partial charge in [0.25, 0.3) is 0 Å². The van der Waals surface area contributed by atoms with Crippen LogP contribution in [-0.4, -0.2) is 47.2 Å². The number of benzene rings is 1. The molecule has 0 amide bonds. The Balaban J connectivity index is 1.74. The molecule has 29 heavy (non-hydrogen) atoms. The van der Waals surface area contributed by atoms with E-state index in [1.807, 2.05) is 22.4 Å². The largest absolute Gasteiger partial charge is 0.509 e. The minimum atomic E-state index is -0.200. The average Bonchev–Trinajstić information content (AvgIpc) is 3.19. The summed E-state index contributed by atoms with van der Waals surface area (Å²) in [6, 6.07) is 9.36. The van der Waals surface area contributed by atoms with Gasteiger partial charge < -0.3 is 9.84 Å². The van der Waals surface area contributed by atoms with Crippen LogP contribution < -0.4 is 0 Å². The van der Waals surface area contributed by atoms with E-state index in [0.717, 1.165) is 30.6 Å². The molecule has 2 aromatic rings. The Morgan fingerprint density at radius 2 is 2.21 bits per heavy atom. The number of ether oxygens (including phenoxy) is 1. The summed E-state index contributed by atoms with van der Waals surface area (Å²) in [5.41, 5.74) is 1.78. The molecule has 0 bridgehead atoms. The summed E-state index contributed by atoms with van der Waals surface area (Å²) in [6.45, 7) is 3.62. The first-order valence-electron chi connectivity index (χ1n) is 9.44. The predicted octanol–water partition coefficient (Wildman–Crippen LogP) is 4.53. The minimum absolute atomic E-state index is 0.0333.